The molecule has 1 aliphatic rings. The van der Waals surface area contributed by atoms with Crippen molar-refractivity contribution in [2.75, 3.05) is 11.9 Å². The number of carbonyl (C=O) groups excluding carboxylic acids is 2. The van der Waals surface area contributed by atoms with Crippen LogP contribution in [0.15, 0.2) is 73.3 Å². The fraction of sp³-hybridized carbons (Fsp3) is 0.208. The molecule has 4 atom stereocenters. The molecule has 5 rings (SSSR count). The van der Waals surface area contributed by atoms with Crippen LogP contribution in [-0.4, -0.2) is 70.9 Å². The van der Waals surface area contributed by atoms with Crippen molar-refractivity contribution < 1.29 is 29.6 Å². The number of aromatic nitrogens is 4. The maximum absolute atomic E-state index is 13.1. The number of anilines is 1. The second-order valence-corrected chi connectivity index (χ2v) is 8.03. The summed E-state index contributed by atoms with van der Waals surface area (Å²) in [5.41, 5.74) is -1.46. The number of nitrogens with zero attached hydrogens (tertiary/aromatic N) is 4. The van der Waals surface area contributed by atoms with E-state index in [9.17, 15) is 24.9 Å². The number of imidazole rings is 1. The SMILES string of the molecule is O=C(Nc1ncnc2c1ncn2[C@@H]1O[C@H](CO)[C@](O)(C(=O)c2ccccc2)[C@H]1O)c1ccccc1. The van der Waals surface area contributed by atoms with E-state index < -0.39 is 42.3 Å². The third-order valence-electron chi connectivity index (χ3n) is 5.98. The summed E-state index contributed by atoms with van der Waals surface area (Å²) >= 11 is 0. The van der Waals surface area contributed by atoms with Crippen molar-refractivity contribution in [2.24, 2.45) is 0 Å². The molecule has 4 aromatic rings. The number of amides is 1. The van der Waals surface area contributed by atoms with E-state index in [-0.39, 0.29) is 22.5 Å². The van der Waals surface area contributed by atoms with E-state index in [1.165, 1.54) is 29.4 Å². The van der Waals surface area contributed by atoms with E-state index in [2.05, 4.69) is 20.3 Å². The predicted octanol–water partition coefficient (Wildman–Crippen LogP) is 0.943. The highest BCUT2D eigenvalue weighted by atomic mass is 16.6. The van der Waals surface area contributed by atoms with Gasteiger partial charge in [0.2, 0.25) is 0 Å². The van der Waals surface area contributed by atoms with Crippen molar-refractivity contribution in [3.63, 3.8) is 0 Å². The number of hydrogen-bond donors (Lipinski definition) is 4. The van der Waals surface area contributed by atoms with Crippen LogP contribution in [0.25, 0.3) is 11.2 Å². The standard InChI is InChI=1S/C24H21N5O6/c30-11-16-24(34,18(31)14-7-3-1-4-8-14)19(32)23(35-16)29-13-27-17-20(25-12-26-21(17)29)28-22(33)15-9-5-2-6-10-15/h1-10,12-13,16,19,23,30,32,34H,11H2,(H,25,26,28,33)/t16-,19+,23-,24+/m1/s1. The molecule has 11 nitrogen and oxygen atoms in total. The minimum atomic E-state index is -2.42. The summed E-state index contributed by atoms with van der Waals surface area (Å²) in [7, 11) is 0. The molecule has 2 aromatic heterocycles. The molecule has 0 aliphatic carbocycles. The molecule has 0 saturated carbocycles. The van der Waals surface area contributed by atoms with E-state index in [0.717, 1.165) is 0 Å². The zero-order valence-corrected chi connectivity index (χ0v) is 18.2. The summed E-state index contributed by atoms with van der Waals surface area (Å²) in [6, 6.07) is 16.5. The predicted molar refractivity (Wildman–Crippen MR) is 122 cm³/mol. The lowest BCUT2D eigenvalue weighted by Gasteiger charge is -2.28. The number of fused-ring (bicyclic) bond motifs is 1. The van der Waals surface area contributed by atoms with Crippen LogP contribution in [0.2, 0.25) is 0 Å². The van der Waals surface area contributed by atoms with Crippen LogP contribution in [0.5, 0.6) is 0 Å². The summed E-state index contributed by atoms with van der Waals surface area (Å²) in [5.74, 6) is -1.06. The van der Waals surface area contributed by atoms with Gasteiger partial charge in [-0.1, -0.05) is 48.5 Å². The largest absolute Gasteiger partial charge is 0.394 e. The van der Waals surface area contributed by atoms with Crippen molar-refractivity contribution >= 4 is 28.7 Å². The zero-order chi connectivity index (χ0) is 24.6. The van der Waals surface area contributed by atoms with Crippen LogP contribution in [-0.2, 0) is 4.74 Å². The number of aliphatic hydroxyl groups is 3. The summed E-state index contributed by atoms with van der Waals surface area (Å²) in [6.45, 7) is -0.720. The molecule has 3 heterocycles. The Labute approximate surface area is 198 Å². The van der Waals surface area contributed by atoms with Gasteiger partial charge in [-0.3, -0.25) is 14.2 Å². The van der Waals surface area contributed by atoms with Gasteiger partial charge in [0.25, 0.3) is 5.91 Å². The van der Waals surface area contributed by atoms with Crippen LogP contribution in [0.4, 0.5) is 5.82 Å². The second-order valence-electron chi connectivity index (χ2n) is 8.03. The van der Waals surface area contributed by atoms with Crippen molar-refractivity contribution in [1.29, 1.82) is 0 Å². The first-order valence-corrected chi connectivity index (χ1v) is 10.8. The number of rotatable bonds is 6. The van der Waals surface area contributed by atoms with Gasteiger partial charge in [-0.25, -0.2) is 15.0 Å². The number of nitrogens with one attached hydrogen (secondary N) is 1. The highest BCUT2D eigenvalue weighted by molar-refractivity contribution is 6.06. The normalized spacial score (nSPS) is 23.9. The first kappa shape index (κ1) is 22.7. The average molecular weight is 475 g/mol. The smallest absolute Gasteiger partial charge is 0.256 e. The Morgan fingerprint density at radius 1 is 1.00 bits per heavy atom. The first-order chi connectivity index (χ1) is 16.9. The molecule has 35 heavy (non-hydrogen) atoms. The molecule has 1 fully saturated rings. The van der Waals surface area contributed by atoms with Gasteiger partial charge in [0, 0.05) is 11.1 Å². The molecule has 0 unspecified atom stereocenters. The van der Waals surface area contributed by atoms with Gasteiger partial charge in [-0.2, -0.15) is 0 Å². The summed E-state index contributed by atoms with van der Waals surface area (Å²) < 4.78 is 7.05. The Balaban J connectivity index is 1.48. The minimum absolute atomic E-state index is 0.129. The monoisotopic (exact) mass is 475 g/mol. The van der Waals surface area contributed by atoms with E-state index in [0.29, 0.717) is 5.56 Å². The average Bonchev–Trinajstić information content (AvgIpc) is 3.44. The number of aliphatic hydroxyl groups excluding tert-OH is 2. The zero-order valence-electron chi connectivity index (χ0n) is 18.2. The van der Waals surface area contributed by atoms with E-state index in [1.54, 1.807) is 48.5 Å². The maximum Gasteiger partial charge on any atom is 0.256 e. The number of carbonyl (C=O) groups is 2. The molecule has 11 heteroatoms. The van der Waals surface area contributed by atoms with E-state index in [1.807, 2.05) is 0 Å². The molecule has 1 amide bonds. The first-order valence-electron chi connectivity index (χ1n) is 10.8. The maximum atomic E-state index is 13.1. The lowest BCUT2D eigenvalue weighted by molar-refractivity contribution is -0.0697. The van der Waals surface area contributed by atoms with Gasteiger partial charge in [-0.05, 0) is 12.1 Å². The lowest BCUT2D eigenvalue weighted by atomic mass is 9.84. The highest BCUT2D eigenvalue weighted by Crippen LogP contribution is 2.40. The lowest BCUT2D eigenvalue weighted by Crippen LogP contribution is -2.55. The van der Waals surface area contributed by atoms with Gasteiger partial charge < -0.3 is 25.4 Å². The Hall–Kier alpha value is -4.03. The molecule has 0 spiro atoms. The van der Waals surface area contributed by atoms with Crippen LogP contribution >= 0.6 is 0 Å². The molecule has 0 radical (unpaired) electrons. The van der Waals surface area contributed by atoms with Crippen LogP contribution < -0.4 is 5.32 Å². The van der Waals surface area contributed by atoms with Crippen LogP contribution in [0.3, 0.4) is 0 Å². The Morgan fingerprint density at radius 2 is 1.66 bits per heavy atom. The number of hydrogen-bond acceptors (Lipinski definition) is 9. The molecule has 178 valence electrons. The fourth-order valence-corrected chi connectivity index (χ4v) is 4.15. The molecule has 4 N–H and O–H groups in total. The minimum Gasteiger partial charge on any atom is -0.394 e. The van der Waals surface area contributed by atoms with Crippen molar-refractivity contribution in [3.05, 3.63) is 84.4 Å². The van der Waals surface area contributed by atoms with Crippen molar-refractivity contribution in [1.82, 2.24) is 19.5 Å². The van der Waals surface area contributed by atoms with Gasteiger partial charge in [0.15, 0.2) is 34.6 Å². The second kappa shape index (κ2) is 8.96. The number of ketones is 1. The number of Topliss-reactive ketones (excluding diaryl/α,β-unsaturated/α-hetero) is 1. The summed E-state index contributed by atoms with van der Waals surface area (Å²) in [5, 5.41) is 34.9. The molecule has 0 bridgehead atoms. The van der Waals surface area contributed by atoms with Gasteiger partial charge in [0.05, 0.1) is 12.9 Å². The van der Waals surface area contributed by atoms with Gasteiger partial charge in [0.1, 0.15) is 18.5 Å². The quantitative estimate of drug-likeness (QED) is 0.298. The van der Waals surface area contributed by atoms with Crippen molar-refractivity contribution in [2.45, 2.75) is 24.0 Å². The summed E-state index contributed by atoms with van der Waals surface area (Å²) in [4.78, 5) is 38.2. The fourth-order valence-electron chi connectivity index (χ4n) is 4.15. The van der Waals surface area contributed by atoms with E-state index >= 15 is 0 Å². The Morgan fingerprint density at radius 3 is 2.31 bits per heavy atom. The van der Waals surface area contributed by atoms with Gasteiger partial charge in [-0.15, -0.1) is 0 Å². The molecular weight excluding hydrogens is 454 g/mol. The van der Waals surface area contributed by atoms with Crippen LogP contribution in [0, 0.1) is 0 Å². The number of ether oxygens (including phenoxy) is 1. The third-order valence-corrected chi connectivity index (χ3v) is 5.98. The number of benzene rings is 2. The Kier molecular flexibility index (Phi) is 5.83. The molecule has 1 aliphatic heterocycles. The Bertz CT molecular complexity index is 1380. The van der Waals surface area contributed by atoms with Crippen molar-refractivity contribution in [3.8, 4) is 0 Å². The third kappa shape index (κ3) is 3.76. The van der Waals surface area contributed by atoms with E-state index in [4.69, 9.17) is 4.74 Å². The van der Waals surface area contributed by atoms with Gasteiger partial charge >= 0.3 is 0 Å². The molecule has 1 saturated heterocycles. The highest BCUT2D eigenvalue weighted by Gasteiger charge is 2.60. The molecular formula is C24H21N5O6. The summed E-state index contributed by atoms with van der Waals surface area (Å²) in [6.07, 6.45) is -1.98. The van der Waals surface area contributed by atoms with Crippen LogP contribution in [0.1, 0.15) is 26.9 Å². The molecule has 2 aromatic carbocycles. The topological polar surface area (TPSA) is 160 Å².